The molecule has 0 saturated carbocycles. The third-order valence-electron chi connectivity index (χ3n) is 1.44. The first-order chi connectivity index (χ1) is 5.88. The molecule has 60 valence electrons. The molecule has 4 nitrogen and oxygen atoms in total. The van der Waals surface area contributed by atoms with Gasteiger partial charge in [0.15, 0.2) is 5.76 Å². The molecule has 0 bridgehead atoms. The second-order valence-corrected chi connectivity index (χ2v) is 2.23. The van der Waals surface area contributed by atoms with Gasteiger partial charge in [0, 0.05) is 12.4 Å². The van der Waals surface area contributed by atoms with Gasteiger partial charge in [-0.25, -0.2) is 4.68 Å². The molecule has 4 heteroatoms. The highest BCUT2D eigenvalue weighted by Gasteiger charge is 2.09. The number of nitrogens with zero attached hydrogens (tertiary/aromatic N) is 2. The van der Waals surface area contributed by atoms with Crippen molar-refractivity contribution in [2.45, 2.75) is 0 Å². The molecular formula is C8H6N2O2. The first kappa shape index (κ1) is 6.84. The molecule has 2 heterocycles. The molecule has 0 aliphatic heterocycles. The van der Waals surface area contributed by atoms with E-state index in [9.17, 15) is 4.79 Å². The first-order valence-electron chi connectivity index (χ1n) is 3.46. The molecule has 0 radical (unpaired) electrons. The van der Waals surface area contributed by atoms with Crippen molar-refractivity contribution in [2.24, 2.45) is 0 Å². The number of carbonyl (C=O) groups excluding carboxylic acids is 1. The largest absolute Gasteiger partial charge is 0.459 e. The van der Waals surface area contributed by atoms with Crippen LogP contribution in [0.3, 0.4) is 0 Å². The van der Waals surface area contributed by atoms with Crippen LogP contribution in [-0.2, 0) is 0 Å². The van der Waals surface area contributed by atoms with E-state index in [0.29, 0.717) is 5.76 Å². The molecule has 2 aromatic heterocycles. The van der Waals surface area contributed by atoms with Gasteiger partial charge in [0.05, 0.1) is 6.26 Å². The Hall–Kier alpha value is -1.84. The highest BCUT2D eigenvalue weighted by Crippen LogP contribution is 2.02. The minimum atomic E-state index is -0.259. The van der Waals surface area contributed by atoms with E-state index in [1.165, 1.54) is 10.9 Å². The van der Waals surface area contributed by atoms with E-state index < -0.39 is 0 Å². The number of carbonyl (C=O) groups is 1. The van der Waals surface area contributed by atoms with Crippen molar-refractivity contribution >= 4 is 5.91 Å². The van der Waals surface area contributed by atoms with Crippen molar-refractivity contribution in [2.75, 3.05) is 0 Å². The fraction of sp³-hybridized carbons (Fsp3) is 0. The van der Waals surface area contributed by atoms with E-state index in [4.69, 9.17) is 4.42 Å². The van der Waals surface area contributed by atoms with Gasteiger partial charge in [0.2, 0.25) is 0 Å². The van der Waals surface area contributed by atoms with Crippen molar-refractivity contribution in [1.29, 1.82) is 0 Å². The van der Waals surface area contributed by atoms with E-state index in [2.05, 4.69) is 5.10 Å². The second kappa shape index (κ2) is 2.65. The number of aromatic nitrogens is 2. The molecule has 0 atom stereocenters. The predicted octanol–water partition coefficient (Wildman–Crippen LogP) is 1.16. The maximum absolute atomic E-state index is 11.4. The number of rotatable bonds is 1. The molecule has 0 amide bonds. The van der Waals surface area contributed by atoms with Crippen LogP contribution in [-0.4, -0.2) is 15.7 Å². The third kappa shape index (κ3) is 1.03. The van der Waals surface area contributed by atoms with E-state index in [1.54, 1.807) is 30.6 Å². The molecule has 0 aliphatic carbocycles. The lowest BCUT2D eigenvalue weighted by Crippen LogP contribution is -2.10. The zero-order valence-corrected chi connectivity index (χ0v) is 6.18. The maximum Gasteiger partial charge on any atom is 0.313 e. The Morgan fingerprint density at radius 2 is 2.42 bits per heavy atom. The van der Waals surface area contributed by atoms with Crippen LogP contribution in [0, 0.1) is 0 Å². The summed E-state index contributed by atoms with van der Waals surface area (Å²) in [6.45, 7) is 0. The summed E-state index contributed by atoms with van der Waals surface area (Å²) < 4.78 is 6.13. The Morgan fingerprint density at radius 3 is 3.00 bits per heavy atom. The van der Waals surface area contributed by atoms with Gasteiger partial charge in [0.1, 0.15) is 0 Å². The van der Waals surface area contributed by atoms with Gasteiger partial charge >= 0.3 is 5.91 Å². The summed E-state index contributed by atoms with van der Waals surface area (Å²) in [5.74, 6) is 0.0312. The zero-order valence-electron chi connectivity index (χ0n) is 6.18. The maximum atomic E-state index is 11.4. The topological polar surface area (TPSA) is 48.0 Å². The Kier molecular flexibility index (Phi) is 1.51. The smallest absolute Gasteiger partial charge is 0.313 e. The molecule has 0 unspecified atom stereocenters. The normalized spacial score (nSPS) is 10.0. The summed E-state index contributed by atoms with van der Waals surface area (Å²) in [7, 11) is 0. The Morgan fingerprint density at radius 1 is 1.50 bits per heavy atom. The van der Waals surface area contributed by atoms with Crippen LogP contribution in [0.15, 0.2) is 41.3 Å². The average Bonchev–Trinajstić information content (AvgIpc) is 2.77. The molecule has 0 spiro atoms. The third-order valence-corrected chi connectivity index (χ3v) is 1.44. The summed E-state index contributed by atoms with van der Waals surface area (Å²) in [5, 5.41) is 3.78. The van der Waals surface area contributed by atoms with Crippen molar-refractivity contribution in [3.8, 4) is 0 Å². The van der Waals surface area contributed by atoms with Crippen molar-refractivity contribution in [3.63, 3.8) is 0 Å². The zero-order chi connectivity index (χ0) is 8.39. The lowest BCUT2D eigenvalue weighted by atomic mass is 10.4. The second-order valence-electron chi connectivity index (χ2n) is 2.23. The van der Waals surface area contributed by atoms with Crippen molar-refractivity contribution in [1.82, 2.24) is 9.78 Å². The SMILES string of the molecule is O=C(c1ccco1)n1cccn1. The fourth-order valence-electron chi connectivity index (χ4n) is 0.902. The number of hydrogen-bond acceptors (Lipinski definition) is 3. The molecule has 12 heavy (non-hydrogen) atoms. The van der Waals surface area contributed by atoms with Crippen molar-refractivity contribution < 1.29 is 9.21 Å². The van der Waals surface area contributed by atoms with Crippen LogP contribution in [0.4, 0.5) is 0 Å². The van der Waals surface area contributed by atoms with Gasteiger partial charge in [-0.3, -0.25) is 4.79 Å². The number of furan rings is 1. The van der Waals surface area contributed by atoms with Gasteiger partial charge < -0.3 is 4.42 Å². The lowest BCUT2D eigenvalue weighted by molar-refractivity contribution is 0.0917. The summed E-state index contributed by atoms with van der Waals surface area (Å²) in [6.07, 6.45) is 4.57. The van der Waals surface area contributed by atoms with Gasteiger partial charge in [-0.15, -0.1) is 0 Å². The Balaban J connectivity index is 2.34. The summed E-state index contributed by atoms with van der Waals surface area (Å²) in [5.41, 5.74) is 0. The summed E-state index contributed by atoms with van der Waals surface area (Å²) >= 11 is 0. The molecule has 0 aliphatic rings. The summed E-state index contributed by atoms with van der Waals surface area (Å²) in [4.78, 5) is 11.4. The van der Waals surface area contributed by atoms with Crippen molar-refractivity contribution in [3.05, 3.63) is 42.6 Å². The first-order valence-corrected chi connectivity index (χ1v) is 3.46. The molecule has 0 fully saturated rings. The Labute approximate surface area is 68.4 Å². The van der Waals surface area contributed by atoms with Crippen LogP contribution in [0.1, 0.15) is 10.6 Å². The van der Waals surface area contributed by atoms with Gasteiger partial charge in [0.25, 0.3) is 0 Å². The average molecular weight is 162 g/mol. The molecular weight excluding hydrogens is 156 g/mol. The van der Waals surface area contributed by atoms with E-state index >= 15 is 0 Å². The minimum Gasteiger partial charge on any atom is -0.459 e. The molecule has 0 aromatic carbocycles. The molecule has 0 N–H and O–H groups in total. The summed E-state index contributed by atoms with van der Waals surface area (Å²) in [6, 6.07) is 4.95. The van der Waals surface area contributed by atoms with Crippen LogP contribution in [0.25, 0.3) is 0 Å². The highest BCUT2D eigenvalue weighted by molar-refractivity contribution is 5.92. The molecule has 2 aromatic rings. The minimum absolute atomic E-state index is 0.259. The van der Waals surface area contributed by atoms with Crippen LogP contribution in [0.2, 0.25) is 0 Å². The standard InChI is InChI=1S/C8H6N2O2/c11-8(7-3-1-6-12-7)10-5-2-4-9-10/h1-6H. The van der Waals surface area contributed by atoms with Gasteiger partial charge in [-0.1, -0.05) is 0 Å². The molecule has 0 saturated heterocycles. The van der Waals surface area contributed by atoms with Crippen LogP contribution < -0.4 is 0 Å². The van der Waals surface area contributed by atoms with E-state index in [1.807, 2.05) is 0 Å². The van der Waals surface area contributed by atoms with E-state index in [0.717, 1.165) is 0 Å². The van der Waals surface area contributed by atoms with Gasteiger partial charge in [-0.05, 0) is 18.2 Å². The van der Waals surface area contributed by atoms with E-state index in [-0.39, 0.29) is 5.91 Å². The fourth-order valence-corrected chi connectivity index (χ4v) is 0.902. The van der Waals surface area contributed by atoms with Gasteiger partial charge in [-0.2, -0.15) is 5.10 Å². The van der Waals surface area contributed by atoms with Crippen LogP contribution in [0.5, 0.6) is 0 Å². The number of hydrogen-bond donors (Lipinski definition) is 0. The Bertz CT molecular complexity index is 325. The van der Waals surface area contributed by atoms with Crippen LogP contribution >= 0.6 is 0 Å². The monoisotopic (exact) mass is 162 g/mol. The highest BCUT2D eigenvalue weighted by atomic mass is 16.3. The quantitative estimate of drug-likeness (QED) is 0.632. The predicted molar refractivity (Wildman–Crippen MR) is 40.7 cm³/mol. The lowest BCUT2D eigenvalue weighted by Gasteiger charge is -1.93. The molecule has 2 rings (SSSR count).